The summed E-state index contributed by atoms with van der Waals surface area (Å²) in [5.41, 5.74) is 6.05. The van der Waals surface area contributed by atoms with Crippen molar-refractivity contribution in [2.45, 2.75) is 51.0 Å². The zero-order valence-corrected chi connectivity index (χ0v) is 11.9. The molecule has 1 aliphatic carbocycles. The maximum atomic E-state index is 12.6. The normalized spacial score (nSPS) is 30.7. The van der Waals surface area contributed by atoms with Gasteiger partial charge in [-0.2, -0.15) is 4.98 Å². The van der Waals surface area contributed by atoms with Crippen LogP contribution in [0, 0.1) is 12.8 Å². The summed E-state index contributed by atoms with van der Waals surface area (Å²) in [4.78, 5) is 18.8. The van der Waals surface area contributed by atoms with Crippen LogP contribution in [0.4, 0.5) is 0 Å². The van der Waals surface area contributed by atoms with Crippen LogP contribution in [0.15, 0.2) is 4.52 Å². The molecular formula is C14H22N4O2. The van der Waals surface area contributed by atoms with Gasteiger partial charge in [0.25, 0.3) is 0 Å². The molecule has 2 fully saturated rings. The van der Waals surface area contributed by atoms with Crippen LogP contribution in [0.1, 0.15) is 49.7 Å². The van der Waals surface area contributed by atoms with E-state index in [0.717, 1.165) is 38.6 Å². The predicted molar refractivity (Wildman–Crippen MR) is 72.9 cm³/mol. The van der Waals surface area contributed by atoms with Gasteiger partial charge in [0.2, 0.25) is 11.8 Å². The molecule has 6 heteroatoms. The Hall–Kier alpha value is -1.43. The van der Waals surface area contributed by atoms with E-state index in [1.165, 1.54) is 0 Å². The van der Waals surface area contributed by atoms with E-state index in [9.17, 15) is 4.79 Å². The number of likely N-dealkylation sites (tertiary alicyclic amines) is 1. The molecule has 1 amide bonds. The number of hydrogen-bond acceptors (Lipinski definition) is 5. The number of nitrogens with zero attached hydrogens (tertiary/aromatic N) is 3. The Bertz CT molecular complexity index is 487. The molecule has 1 saturated carbocycles. The SMILES string of the molecule is Cc1noc([C@@H]2CCCN(C(=O)[C@@H]3CCC[C@H]3N)C2)n1. The Morgan fingerprint density at radius 2 is 2.20 bits per heavy atom. The number of amides is 1. The van der Waals surface area contributed by atoms with Crippen LogP contribution < -0.4 is 5.73 Å². The molecule has 1 saturated heterocycles. The largest absolute Gasteiger partial charge is 0.342 e. The van der Waals surface area contributed by atoms with Crippen molar-refractivity contribution in [3.63, 3.8) is 0 Å². The van der Waals surface area contributed by atoms with E-state index in [1.807, 2.05) is 11.8 Å². The highest BCUT2D eigenvalue weighted by Crippen LogP contribution is 2.30. The van der Waals surface area contributed by atoms with Crippen LogP contribution in [0.25, 0.3) is 0 Å². The standard InChI is InChI=1S/C14H22N4O2/c1-9-16-13(20-17-9)10-4-3-7-18(8-10)14(19)11-5-2-6-12(11)15/h10-12H,2-8,15H2,1H3/t10-,11-,12-/m1/s1. The second-order valence-corrected chi connectivity index (χ2v) is 6.00. The zero-order valence-electron chi connectivity index (χ0n) is 11.9. The third kappa shape index (κ3) is 2.57. The Labute approximate surface area is 118 Å². The molecule has 6 nitrogen and oxygen atoms in total. The lowest BCUT2D eigenvalue weighted by molar-refractivity contribution is -0.137. The van der Waals surface area contributed by atoms with Crippen LogP contribution in [0.5, 0.6) is 0 Å². The summed E-state index contributed by atoms with van der Waals surface area (Å²) < 4.78 is 5.25. The van der Waals surface area contributed by atoms with Gasteiger partial charge in [0.05, 0.1) is 11.8 Å². The van der Waals surface area contributed by atoms with E-state index in [4.69, 9.17) is 10.3 Å². The lowest BCUT2D eigenvalue weighted by atomic mass is 9.95. The summed E-state index contributed by atoms with van der Waals surface area (Å²) >= 11 is 0. The molecule has 0 bridgehead atoms. The average Bonchev–Trinajstić information content (AvgIpc) is 3.07. The predicted octanol–water partition coefficient (Wildman–Crippen LogP) is 1.21. The minimum absolute atomic E-state index is 0.0122. The molecule has 0 unspecified atom stereocenters. The summed E-state index contributed by atoms with van der Waals surface area (Å²) in [5, 5.41) is 3.84. The van der Waals surface area contributed by atoms with Crippen molar-refractivity contribution in [2.24, 2.45) is 11.7 Å². The first kappa shape index (κ1) is 13.5. The first-order chi connectivity index (χ1) is 9.65. The van der Waals surface area contributed by atoms with Crippen LogP contribution in [-0.2, 0) is 4.79 Å². The number of hydrogen-bond donors (Lipinski definition) is 1. The van der Waals surface area contributed by atoms with Crippen LogP contribution in [-0.4, -0.2) is 40.1 Å². The van der Waals surface area contributed by atoms with E-state index in [2.05, 4.69) is 10.1 Å². The number of nitrogens with two attached hydrogens (primary N) is 1. The van der Waals surface area contributed by atoms with E-state index < -0.39 is 0 Å². The van der Waals surface area contributed by atoms with Gasteiger partial charge in [0, 0.05) is 19.1 Å². The first-order valence-corrected chi connectivity index (χ1v) is 7.49. The highest BCUT2D eigenvalue weighted by atomic mass is 16.5. The Kier molecular flexibility index (Phi) is 3.74. The van der Waals surface area contributed by atoms with Gasteiger partial charge in [0.1, 0.15) is 0 Å². The van der Waals surface area contributed by atoms with E-state index in [0.29, 0.717) is 18.3 Å². The molecule has 1 aromatic rings. The zero-order chi connectivity index (χ0) is 14.1. The number of rotatable bonds is 2. The minimum atomic E-state index is 0.0122. The monoisotopic (exact) mass is 278 g/mol. The molecule has 2 heterocycles. The van der Waals surface area contributed by atoms with Crippen molar-refractivity contribution < 1.29 is 9.32 Å². The number of carbonyl (C=O) groups is 1. The molecule has 20 heavy (non-hydrogen) atoms. The third-order valence-electron chi connectivity index (χ3n) is 4.51. The van der Waals surface area contributed by atoms with Gasteiger partial charge in [0.15, 0.2) is 5.82 Å². The second kappa shape index (κ2) is 5.52. The quantitative estimate of drug-likeness (QED) is 0.879. The molecule has 3 rings (SSSR count). The van der Waals surface area contributed by atoms with Crippen molar-refractivity contribution in [3.05, 3.63) is 11.7 Å². The van der Waals surface area contributed by atoms with Gasteiger partial charge in [-0.15, -0.1) is 0 Å². The highest BCUT2D eigenvalue weighted by molar-refractivity contribution is 5.80. The van der Waals surface area contributed by atoms with Crippen LogP contribution in [0.2, 0.25) is 0 Å². The number of piperidine rings is 1. The number of carbonyl (C=O) groups excluding carboxylic acids is 1. The van der Waals surface area contributed by atoms with E-state index in [1.54, 1.807) is 0 Å². The Balaban J connectivity index is 1.67. The Morgan fingerprint density at radius 3 is 2.85 bits per heavy atom. The van der Waals surface area contributed by atoms with Gasteiger partial charge >= 0.3 is 0 Å². The van der Waals surface area contributed by atoms with Gasteiger partial charge in [-0.1, -0.05) is 11.6 Å². The summed E-state index contributed by atoms with van der Waals surface area (Å²) in [6.07, 6.45) is 4.96. The topological polar surface area (TPSA) is 85.2 Å². The fourth-order valence-electron chi connectivity index (χ4n) is 3.39. The van der Waals surface area contributed by atoms with Gasteiger partial charge in [-0.05, 0) is 32.6 Å². The maximum Gasteiger partial charge on any atom is 0.231 e. The molecule has 110 valence electrons. The average molecular weight is 278 g/mol. The first-order valence-electron chi connectivity index (χ1n) is 7.49. The smallest absolute Gasteiger partial charge is 0.231 e. The lowest BCUT2D eigenvalue weighted by Crippen LogP contribution is -2.45. The minimum Gasteiger partial charge on any atom is -0.342 e. The van der Waals surface area contributed by atoms with Crippen molar-refractivity contribution in [3.8, 4) is 0 Å². The molecule has 0 spiro atoms. The van der Waals surface area contributed by atoms with Crippen molar-refractivity contribution in [1.82, 2.24) is 15.0 Å². The fraction of sp³-hybridized carbons (Fsp3) is 0.786. The highest BCUT2D eigenvalue weighted by Gasteiger charge is 2.36. The van der Waals surface area contributed by atoms with Gasteiger partial charge in [-0.3, -0.25) is 4.79 Å². The Morgan fingerprint density at radius 1 is 1.35 bits per heavy atom. The molecule has 3 atom stereocenters. The molecular weight excluding hydrogens is 256 g/mol. The van der Waals surface area contributed by atoms with Crippen molar-refractivity contribution in [2.75, 3.05) is 13.1 Å². The third-order valence-corrected chi connectivity index (χ3v) is 4.51. The molecule has 0 radical (unpaired) electrons. The molecule has 0 aromatic carbocycles. The van der Waals surface area contributed by atoms with E-state index in [-0.39, 0.29) is 23.8 Å². The van der Waals surface area contributed by atoms with Crippen LogP contribution >= 0.6 is 0 Å². The van der Waals surface area contributed by atoms with Gasteiger partial charge < -0.3 is 15.2 Å². The maximum absolute atomic E-state index is 12.6. The molecule has 2 N–H and O–H groups in total. The summed E-state index contributed by atoms with van der Waals surface area (Å²) in [7, 11) is 0. The molecule has 1 aromatic heterocycles. The fourth-order valence-corrected chi connectivity index (χ4v) is 3.39. The number of aryl methyl sites for hydroxylation is 1. The van der Waals surface area contributed by atoms with Gasteiger partial charge in [-0.25, -0.2) is 0 Å². The lowest BCUT2D eigenvalue weighted by Gasteiger charge is -2.33. The molecule has 2 aliphatic rings. The van der Waals surface area contributed by atoms with Crippen LogP contribution in [0.3, 0.4) is 0 Å². The summed E-state index contributed by atoms with van der Waals surface area (Å²) in [6, 6.07) is 0.0357. The van der Waals surface area contributed by atoms with Crippen molar-refractivity contribution in [1.29, 1.82) is 0 Å². The number of aromatic nitrogens is 2. The summed E-state index contributed by atoms with van der Waals surface area (Å²) in [5.74, 6) is 1.72. The summed E-state index contributed by atoms with van der Waals surface area (Å²) in [6.45, 7) is 3.33. The second-order valence-electron chi connectivity index (χ2n) is 6.00. The van der Waals surface area contributed by atoms with Crippen molar-refractivity contribution >= 4 is 5.91 Å². The van der Waals surface area contributed by atoms with E-state index >= 15 is 0 Å². The molecule has 1 aliphatic heterocycles.